The molecule has 0 atom stereocenters. The van der Waals surface area contributed by atoms with Crippen LogP contribution in [-0.4, -0.2) is 24.1 Å². The van der Waals surface area contributed by atoms with Crippen LogP contribution in [0.25, 0.3) is 11.1 Å². The normalized spacial score (nSPS) is 15.2. The SMILES string of the molecule is NC(=O)Oc1c(-c2ccccc2)cccc1C1CCN(Cc2ccccc2)CC1. The van der Waals surface area contributed by atoms with Crippen LogP contribution >= 0.6 is 0 Å². The molecule has 4 heteroatoms. The van der Waals surface area contributed by atoms with E-state index in [9.17, 15) is 4.79 Å². The molecule has 2 N–H and O–H groups in total. The molecular weight excluding hydrogens is 360 g/mol. The molecule has 0 saturated carbocycles. The average Bonchev–Trinajstić information content (AvgIpc) is 2.75. The summed E-state index contributed by atoms with van der Waals surface area (Å²) in [6.45, 7) is 3.01. The van der Waals surface area contributed by atoms with E-state index in [1.54, 1.807) is 0 Å². The zero-order chi connectivity index (χ0) is 20.1. The average molecular weight is 386 g/mol. The quantitative estimate of drug-likeness (QED) is 0.656. The van der Waals surface area contributed by atoms with Crippen LogP contribution in [0.2, 0.25) is 0 Å². The van der Waals surface area contributed by atoms with E-state index < -0.39 is 6.09 Å². The van der Waals surface area contributed by atoms with Crippen LogP contribution in [0.4, 0.5) is 4.79 Å². The topological polar surface area (TPSA) is 55.6 Å². The summed E-state index contributed by atoms with van der Waals surface area (Å²) in [5.41, 5.74) is 9.76. The van der Waals surface area contributed by atoms with Gasteiger partial charge in [-0.25, -0.2) is 4.79 Å². The first-order valence-corrected chi connectivity index (χ1v) is 10.1. The second kappa shape index (κ2) is 8.93. The number of nitrogens with zero attached hydrogens (tertiary/aromatic N) is 1. The minimum absolute atomic E-state index is 0.347. The van der Waals surface area contributed by atoms with Crippen molar-refractivity contribution < 1.29 is 9.53 Å². The Balaban J connectivity index is 1.55. The van der Waals surface area contributed by atoms with Crippen molar-refractivity contribution in [1.82, 2.24) is 4.90 Å². The molecule has 0 unspecified atom stereocenters. The van der Waals surface area contributed by atoms with E-state index in [1.165, 1.54) is 5.56 Å². The highest BCUT2D eigenvalue weighted by molar-refractivity contribution is 5.78. The first-order valence-electron chi connectivity index (χ1n) is 10.1. The third-order valence-electron chi connectivity index (χ3n) is 5.61. The van der Waals surface area contributed by atoms with Crippen molar-refractivity contribution in [2.75, 3.05) is 13.1 Å². The number of rotatable bonds is 5. The lowest BCUT2D eigenvalue weighted by Gasteiger charge is -2.33. The summed E-state index contributed by atoms with van der Waals surface area (Å²) in [6, 6.07) is 26.7. The van der Waals surface area contributed by atoms with Crippen LogP contribution in [0, 0.1) is 0 Å². The van der Waals surface area contributed by atoms with Crippen molar-refractivity contribution in [2.45, 2.75) is 25.3 Å². The lowest BCUT2D eigenvalue weighted by Crippen LogP contribution is -2.32. The third-order valence-corrected chi connectivity index (χ3v) is 5.61. The summed E-state index contributed by atoms with van der Waals surface area (Å²) >= 11 is 0. The molecule has 0 radical (unpaired) electrons. The van der Waals surface area contributed by atoms with Gasteiger partial charge in [-0.1, -0.05) is 78.9 Å². The van der Waals surface area contributed by atoms with E-state index >= 15 is 0 Å². The van der Waals surface area contributed by atoms with Crippen molar-refractivity contribution >= 4 is 6.09 Å². The molecule has 0 aromatic heterocycles. The molecule has 1 heterocycles. The van der Waals surface area contributed by atoms with Gasteiger partial charge in [-0.3, -0.25) is 4.90 Å². The summed E-state index contributed by atoms with van der Waals surface area (Å²) < 4.78 is 5.53. The van der Waals surface area contributed by atoms with E-state index in [0.717, 1.165) is 49.2 Å². The van der Waals surface area contributed by atoms with Gasteiger partial charge in [0.1, 0.15) is 5.75 Å². The van der Waals surface area contributed by atoms with Crippen LogP contribution in [0.3, 0.4) is 0 Å². The van der Waals surface area contributed by atoms with E-state index in [2.05, 4.69) is 41.3 Å². The van der Waals surface area contributed by atoms with Gasteiger partial charge in [0.15, 0.2) is 0 Å². The maximum absolute atomic E-state index is 11.6. The van der Waals surface area contributed by atoms with Gasteiger partial charge in [-0.2, -0.15) is 0 Å². The molecule has 3 aromatic rings. The molecule has 3 aromatic carbocycles. The molecule has 1 amide bonds. The number of primary amides is 1. The fraction of sp³-hybridized carbons (Fsp3) is 0.240. The summed E-state index contributed by atoms with van der Waals surface area (Å²) in [5.74, 6) is 0.952. The molecular formula is C25H26N2O2. The Labute approximate surface area is 171 Å². The Morgan fingerprint density at radius 1 is 0.897 bits per heavy atom. The second-order valence-corrected chi connectivity index (χ2v) is 7.55. The van der Waals surface area contributed by atoms with Crippen molar-refractivity contribution in [3.05, 3.63) is 90.0 Å². The highest BCUT2D eigenvalue weighted by Gasteiger charge is 2.25. The number of hydrogen-bond donors (Lipinski definition) is 1. The van der Waals surface area contributed by atoms with Crippen LogP contribution in [0.5, 0.6) is 5.75 Å². The number of amides is 1. The van der Waals surface area contributed by atoms with Gasteiger partial charge in [0.25, 0.3) is 0 Å². The highest BCUT2D eigenvalue weighted by Crippen LogP contribution is 2.40. The standard InChI is InChI=1S/C25H26N2O2/c26-25(28)29-24-22(20-10-5-2-6-11-20)12-7-13-23(24)21-14-16-27(17-15-21)18-19-8-3-1-4-9-19/h1-13,21H,14-18H2,(H2,26,28). The number of benzene rings is 3. The molecule has 1 fully saturated rings. The fourth-order valence-electron chi connectivity index (χ4n) is 4.18. The molecule has 0 aliphatic carbocycles. The number of ether oxygens (including phenoxy) is 1. The van der Waals surface area contributed by atoms with E-state index in [0.29, 0.717) is 11.7 Å². The molecule has 4 rings (SSSR count). The van der Waals surface area contributed by atoms with Gasteiger partial charge in [0, 0.05) is 12.1 Å². The summed E-state index contributed by atoms with van der Waals surface area (Å²) in [7, 11) is 0. The largest absolute Gasteiger partial charge is 0.410 e. The number of carbonyl (C=O) groups is 1. The molecule has 1 aliphatic heterocycles. The van der Waals surface area contributed by atoms with Gasteiger partial charge < -0.3 is 10.5 Å². The summed E-state index contributed by atoms with van der Waals surface area (Å²) in [4.78, 5) is 14.1. The van der Waals surface area contributed by atoms with Crippen molar-refractivity contribution in [3.8, 4) is 16.9 Å². The van der Waals surface area contributed by atoms with Gasteiger partial charge >= 0.3 is 6.09 Å². The lowest BCUT2D eigenvalue weighted by molar-refractivity contribution is 0.199. The Kier molecular flexibility index (Phi) is 5.92. The number of hydrogen-bond acceptors (Lipinski definition) is 3. The first-order chi connectivity index (χ1) is 14.2. The smallest absolute Gasteiger partial charge is 0.409 e. The Morgan fingerprint density at radius 2 is 1.55 bits per heavy atom. The van der Waals surface area contributed by atoms with E-state index in [-0.39, 0.29) is 0 Å². The molecule has 0 bridgehead atoms. The number of likely N-dealkylation sites (tertiary alicyclic amines) is 1. The Hall–Kier alpha value is -3.11. The minimum atomic E-state index is -0.767. The first kappa shape index (κ1) is 19.2. The predicted octanol–water partition coefficient (Wildman–Crippen LogP) is 5.19. The van der Waals surface area contributed by atoms with Crippen LogP contribution in [0.1, 0.15) is 29.9 Å². The van der Waals surface area contributed by atoms with E-state index in [1.807, 2.05) is 42.5 Å². The number of piperidine rings is 1. The third kappa shape index (κ3) is 4.66. The van der Waals surface area contributed by atoms with E-state index in [4.69, 9.17) is 10.5 Å². The lowest BCUT2D eigenvalue weighted by atomic mass is 9.86. The summed E-state index contributed by atoms with van der Waals surface area (Å²) in [6.07, 6.45) is 1.29. The van der Waals surface area contributed by atoms with Crippen molar-refractivity contribution in [2.24, 2.45) is 5.73 Å². The number of nitrogens with two attached hydrogens (primary N) is 1. The number of carbonyl (C=O) groups excluding carboxylic acids is 1. The molecule has 148 valence electrons. The second-order valence-electron chi connectivity index (χ2n) is 7.55. The zero-order valence-corrected chi connectivity index (χ0v) is 16.5. The van der Waals surface area contributed by atoms with Gasteiger partial charge in [0.2, 0.25) is 0 Å². The molecule has 1 aliphatic rings. The van der Waals surface area contributed by atoms with Crippen molar-refractivity contribution in [1.29, 1.82) is 0 Å². The number of para-hydroxylation sites is 1. The molecule has 0 spiro atoms. The minimum Gasteiger partial charge on any atom is -0.410 e. The zero-order valence-electron chi connectivity index (χ0n) is 16.5. The van der Waals surface area contributed by atoms with Crippen molar-refractivity contribution in [3.63, 3.8) is 0 Å². The molecule has 1 saturated heterocycles. The fourth-order valence-corrected chi connectivity index (χ4v) is 4.18. The Morgan fingerprint density at radius 3 is 2.21 bits per heavy atom. The molecule has 29 heavy (non-hydrogen) atoms. The van der Waals surface area contributed by atoms with Gasteiger partial charge in [0.05, 0.1) is 0 Å². The highest BCUT2D eigenvalue weighted by atomic mass is 16.5. The van der Waals surface area contributed by atoms with Gasteiger partial charge in [-0.05, 0) is 48.5 Å². The monoisotopic (exact) mass is 386 g/mol. The van der Waals surface area contributed by atoms with Crippen LogP contribution in [0.15, 0.2) is 78.9 Å². The predicted molar refractivity (Wildman–Crippen MR) is 116 cm³/mol. The summed E-state index contributed by atoms with van der Waals surface area (Å²) in [5, 5.41) is 0. The van der Waals surface area contributed by atoms with Crippen LogP contribution < -0.4 is 10.5 Å². The maximum Gasteiger partial charge on any atom is 0.409 e. The molecule has 4 nitrogen and oxygen atoms in total. The van der Waals surface area contributed by atoms with Crippen LogP contribution in [-0.2, 0) is 6.54 Å². The maximum atomic E-state index is 11.6. The van der Waals surface area contributed by atoms with Gasteiger partial charge in [-0.15, -0.1) is 0 Å². The Bertz CT molecular complexity index is 949.